The van der Waals surface area contributed by atoms with Gasteiger partial charge in [-0.15, -0.1) is 0 Å². The minimum atomic E-state index is -0.168. The highest BCUT2D eigenvalue weighted by molar-refractivity contribution is 5.40. The number of fused-ring (bicyclic) bond motifs is 3. The van der Waals surface area contributed by atoms with Gasteiger partial charge in [0.05, 0.1) is 0 Å². The quantitative estimate of drug-likeness (QED) is 0.912. The fourth-order valence-electron chi connectivity index (χ4n) is 4.28. The second-order valence-corrected chi connectivity index (χ2v) is 6.50. The third-order valence-corrected chi connectivity index (χ3v) is 5.25. The van der Waals surface area contributed by atoms with E-state index in [2.05, 4.69) is 24.3 Å². The molecule has 0 bridgehead atoms. The van der Waals surface area contributed by atoms with Crippen molar-refractivity contribution in [2.24, 2.45) is 17.6 Å². The van der Waals surface area contributed by atoms with Crippen LogP contribution < -0.4 is 5.73 Å². The van der Waals surface area contributed by atoms with Crippen LogP contribution in [0.4, 0.5) is 4.39 Å². The zero-order valence-corrected chi connectivity index (χ0v) is 12.0. The molecule has 108 valence electrons. The van der Waals surface area contributed by atoms with Crippen molar-refractivity contribution in [1.29, 1.82) is 0 Å². The van der Waals surface area contributed by atoms with Crippen molar-refractivity contribution in [2.75, 3.05) is 0 Å². The third kappa shape index (κ3) is 2.28. The first-order chi connectivity index (χ1) is 10.2. The lowest BCUT2D eigenvalue weighted by atomic mass is 9.92. The van der Waals surface area contributed by atoms with Gasteiger partial charge in [-0.2, -0.15) is 0 Å². The zero-order chi connectivity index (χ0) is 14.4. The van der Waals surface area contributed by atoms with Crippen molar-refractivity contribution in [2.45, 2.75) is 31.2 Å². The fourth-order valence-corrected chi connectivity index (χ4v) is 4.28. The molecule has 0 aliphatic heterocycles. The summed E-state index contributed by atoms with van der Waals surface area (Å²) in [5.74, 6) is 1.78. The Morgan fingerprint density at radius 3 is 2.86 bits per heavy atom. The summed E-state index contributed by atoms with van der Waals surface area (Å²) in [6, 6.07) is 15.8. The Bertz CT molecular complexity index is 666. The van der Waals surface area contributed by atoms with Crippen molar-refractivity contribution in [1.82, 2.24) is 0 Å². The molecule has 0 saturated heterocycles. The second kappa shape index (κ2) is 4.96. The highest BCUT2D eigenvalue weighted by Gasteiger charge is 2.55. The summed E-state index contributed by atoms with van der Waals surface area (Å²) in [5.41, 5.74) is 10.5. The van der Waals surface area contributed by atoms with Gasteiger partial charge in [-0.1, -0.05) is 36.4 Å². The summed E-state index contributed by atoms with van der Waals surface area (Å²) < 4.78 is 13.3. The van der Waals surface area contributed by atoms with Gasteiger partial charge in [0, 0.05) is 6.04 Å². The maximum atomic E-state index is 13.3. The van der Waals surface area contributed by atoms with Gasteiger partial charge in [0.1, 0.15) is 5.82 Å². The summed E-state index contributed by atoms with van der Waals surface area (Å²) in [5, 5.41) is 0. The molecule has 1 nitrogen and oxygen atoms in total. The number of rotatable bonds is 3. The highest BCUT2D eigenvalue weighted by Crippen LogP contribution is 2.61. The minimum Gasteiger partial charge on any atom is -0.327 e. The van der Waals surface area contributed by atoms with Gasteiger partial charge < -0.3 is 5.73 Å². The molecule has 0 amide bonds. The molecule has 0 heterocycles. The molecule has 4 atom stereocenters. The van der Waals surface area contributed by atoms with Crippen LogP contribution in [0.3, 0.4) is 0 Å². The van der Waals surface area contributed by atoms with Crippen LogP contribution in [-0.2, 0) is 12.8 Å². The predicted molar refractivity (Wildman–Crippen MR) is 82.6 cm³/mol. The Balaban J connectivity index is 1.52. The number of benzene rings is 2. The molecule has 1 fully saturated rings. The minimum absolute atomic E-state index is 0.132. The molecule has 4 unspecified atom stereocenters. The Kier molecular flexibility index (Phi) is 3.07. The van der Waals surface area contributed by atoms with E-state index in [1.807, 2.05) is 6.07 Å². The Labute approximate surface area is 125 Å². The lowest BCUT2D eigenvalue weighted by Gasteiger charge is -2.13. The van der Waals surface area contributed by atoms with E-state index in [0.717, 1.165) is 17.9 Å². The van der Waals surface area contributed by atoms with E-state index in [-0.39, 0.29) is 11.9 Å². The van der Waals surface area contributed by atoms with Gasteiger partial charge in [-0.05, 0) is 65.8 Å². The molecule has 21 heavy (non-hydrogen) atoms. The monoisotopic (exact) mass is 281 g/mol. The molecule has 2 aromatic carbocycles. The number of hydrogen-bond donors (Lipinski definition) is 1. The van der Waals surface area contributed by atoms with Crippen LogP contribution in [0, 0.1) is 17.7 Å². The van der Waals surface area contributed by atoms with Crippen LogP contribution in [-0.4, -0.2) is 6.04 Å². The molecule has 2 aromatic rings. The summed E-state index contributed by atoms with van der Waals surface area (Å²) in [6.45, 7) is 0. The van der Waals surface area contributed by atoms with Crippen molar-refractivity contribution >= 4 is 0 Å². The molecule has 4 rings (SSSR count). The van der Waals surface area contributed by atoms with E-state index in [0.29, 0.717) is 11.8 Å². The molecule has 2 aliphatic rings. The predicted octanol–water partition coefficient (Wildman–Crippen LogP) is 3.67. The number of nitrogens with two attached hydrogens (primary N) is 1. The average molecular weight is 281 g/mol. The van der Waals surface area contributed by atoms with E-state index in [1.54, 1.807) is 12.1 Å². The number of aryl methyl sites for hydroxylation is 1. The fraction of sp³-hybridized carbons (Fsp3) is 0.368. The topological polar surface area (TPSA) is 26.0 Å². The highest BCUT2D eigenvalue weighted by atomic mass is 19.1. The molecule has 0 aromatic heterocycles. The number of hydrogen-bond acceptors (Lipinski definition) is 1. The average Bonchev–Trinajstić information content (AvgIpc) is 3.22. The Morgan fingerprint density at radius 2 is 2.00 bits per heavy atom. The van der Waals surface area contributed by atoms with Gasteiger partial charge in [0.15, 0.2) is 0 Å². The Hall–Kier alpha value is -1.67. The normalized spacial score (nSPS) is 27.6. The standard InChI is InChI=1S/C19H20FN/c20-14-6-3-4-12(10-14)11-17(21)19-16-9-8-13-5-1-2-7-15(13)18(16)19/h1-7,10,16-19H,8-9,11,21H2. The first-order valence-electron chi connectivity index (χ1n) is 7.82. The van der Waals surface area contributed by atoms with E-state index in [9.17, 15) is 4.39 Å². The van der Waals surface area contributed by atoms with Gasteiger partial charge in [-0.25, -0.2) is 4.39 Å². The maximum absolute atomic E-state index is 13.3. The summed E-state index contributed by atoms with van der Waals surface area (Å²) in [6.07, 6.45) is 3.21. The van der Waals surface area contributed by atoms with Crippen LogP contribution in [0.25, 0.3) is 0 Å². The molecule has 2 aliphatic carbocycles. The molecule has 0 radical (unpaired) electrons. The molecular weight excluding hydrogens is 261 g/mol. The van der Waals surface area contributed by atoms with E-state index < -0.39 is 0 Å². The van der Waals surface area contributed by atoms with E-state index >= 15 is 0 Å². The van der Waals surface area contributed by atoms with Gasteiger partial charge >= 0.3 is 0 Å². The van der Waals surface area contributed by atoms with Gasteiger partial charge in [0.2, 0.25) is 0 Å². The summed E-state index contributed by atoms with van der Waals surface area (Å²) in [7, 11) is 0. The van der Waals surface area contributed by atoms with Gasteiger partial charge in [-0.3, -0.25) is 0 Å². The first kappa shape index (κ1) is 13.0. The van der Waals surface area contributed by atoms with Crippen molar-refractivity contribution in [3.63, 3.8) is 0 Å². The molecule has 0 spiro atoms. The molecular formula is C19H20FN. The molecule has 2 N–H and O–H groups in total. The van der Waals surface area contributed by atoms with Crippen molar-refractivity contribution in [3.8, 4) is 0 Å². The third-order valence-electron chi connectivity index (χ3n) is 5.25. The van der Waals surface area contributed by atoms with E-state index in [4.69, 9.17) is 5.73 Å². The van der Waals surface area contributed by atoms with Crippen LogP contribution in [0.1, 0.15) is 29.0 Å². The van der Waals surface area contributed by atoms with Crippen LogP contribution in [0.5, 0.6) is 0 Å². The van der Waals surface area contributed by atoms with Crippen molar-refractivity contribution in [3.05, 3.63) is 71.0 Å². The van der Waals surface area contributed by atoms with Gasteiger partial charge in [0.25, 0.3) is 0 Å². The summed E-state index contributed by atoms with van der Waals surface area (Å²) >= 11 is 0. The zero-order valence-electron chi connectivity index (χ0n) is 12.0. The lowest BCUT2D eigenvalue weighted by Crippen LogP contribution is -2.26. The second-order valence-electron chi connectivity index (χ2n) is 6.50. The van der Waals surface area contributed by atoms with Crippen LogP contribution in [0.2, 0.25) is 0 Å². The van der Waals surface area contributed by atoms with Crippen LogP contribution in [0.15, 0.2) is 48.5 Å². The molecule has 1 saturated carbocycles. The SMILES string of the molecule is NC(Cc1cccc(F)c1)C1C2CCc3ccccc3C21. The maximum Gasteiger partial charge on any atom is 0.123 e. The number of halogens is 1. The van der Waals surface area contributed by atoms with E-state index in [1.165, 1.54) is 30.0 Å². The smallest absolute Gasteiger partial charge is 0.123 e. The largest absolute Gasteiger partial charge is 0.327 e. The lowest BCUT2D eigenvalue weighted by molar-refractivity contribution is 0.530. The molecule has 2 heteroatoms. The van der Waals surface area contributed by atoms with Crippen molar-refractivity contribution < 1.29 is 4.39 Å². The summed E-state index contributed by atoms with van der Waals surface area (Å²) in [4.78, 5) is 0. The van der Waals surface area contributed by atoms with Crippen LogP contribution >= 0.6 is 0 Å². The Morgan fingerprint density at radius 1 is 1.14 bits per heavy atom. The first-order valence-corrected chi connectivity index (χ1v) is 7.82.